The maximum atomic E-state index is 14.3. The highest BCUT2D eigenvalue weighted by Crippen LogP contribution is 2.28. The van der Waals surface area contributed by atoms with Crippen molar-refractivity contribution < 1.29 is 22.4 Å². The average Bonchev–Trinajstić information content (AvgIpc) is 2.70. The minimum absolute atomic E-state index is 0.164. The van der Waals surface area contributed by atoms with Crippen LogP contribution in [0.15, 0.2) is 53.0 Å². The molecule has 2 rings (SSSR count). The summed E-state index contributed by atoms with van der Waals surface area (Å²) >= 11 is 3.31. The highest BCUT2D eigenvalue weighted by molar-refractivity contribution is 9.10. The molecule has 174 valence electrons. The van der Waals surface area contributed by atoms with Crippen LogP contribution in [-0.4, -0.2) is 50.0 Å². The van der Waals surface area contributed by atoms with E-state index >= 15 is 0 Å². The highest BCUT2D eigenvalue weighted by atomic mass is 79.9. The molecule has 0 radical (unpaired) electrons. The maximum absolute atomic E-state index is 14.3. The number of benzene rings is 2. The number of anilines is 1. The van der Waals surface area contributed by atoms with E-state index < -0.39 is 40.2 Å². The number of hydrogen-bond acceptors (Lipinski definition) is 4. The minimum Gasteiger partial charge on any atom is -0.352 e. The van der Waals surface area contributed by atoms with Gasteiger partial charge in [-0.15, -0.1) is 0 Å². The fraction of sp³-hybridized carbons (Fsp3) is 0.364. The van der Waals surface area contributed by atoms with E-state index in [9.17, 15) is 22.4 Å². The maximum Gasteiger partial charge on any atom is 0.244 e. The van der Waals surface area contributed by atoms with Gasteiger partial charge < -0.3 is 10.2 Å². The van der Waals surface area contributed by atoms with Crippen LogP contribution in [-0.2, 0) is 26.2 Å². The summed E-state index contributed by atoms with van der Waals surface area (Å²) in [5.74, 6) is -1.58. The van der Waals surface area contributed by atoms with E-state index in [0.717, 1.165) is 10.6 Å². The molecule has 2 aromatic rings. The molecule has 0 saturated carbocycles. The lowest BCUT2D eigenvalue weighted by molar-refractivity contribution is -0.139. The fourth-order valence-corrected chi connectivity index (χ4v) is 4.52. The first-order valence-corrected chi connectivity index (χ1v) is 12.6. The standard InChI is InChI=1S/C22H27BrFN3O4S/c1-15(2)25-22(29)16(3)26(13-17-9-5-7-11-19(17)24)21(28)14-27(32(4,30)31)20-12-8-6-10-18(20)23/h5-12,15-16H,13-14H2,1-4H3,(H,25,29). The molecule has 32 heavy (non-hydrogen) atoms. The second-order valence-corrected chi connectivity index (χ2v) is 10.4. The number of halogens is 2. The Balaban J connectivity index is 2.42. The Bertz CT molecular complexity index is 1080. The van der Waals surface area contributed by atoms with Crippen LogP contribution >= 0.6 is 15.9 Å². The van der Waals surface area contributed by atoms with Gasteiger partial charge in [-0.1, -0.05) is 30.3 Å². The van der Waals surface area contributed by atoms with Crippen molar-refractivity contribution in [3.05, 3.63) is 64.4 Å². The summed E-state index contributed by atoms with van der Waals surface area (Å²) in [6.07, 6.45) is 0.996. The number of nitrogens with zero attached hydrogens (tertiary/aromatic N) is 2. The summed E-state index contributed by atoms with van der Waals surface area (Å²) < 4.78 is 40.8. The molecular weight excluding hydrogens is 501 g/mol. The first-order chi connectivity index (χ1) is 14.9. The zero-order chi connectivity index (χ0) is 24.1. The molecule has 0 aliphatic rings. The predicted molar refractivity (Wildman–Crippen MR) is 126 cm³/mol. The Hall–Kier alpha value is -2.46. The lowest BCUT2D eigenvalue weighted by Crippen LogP contribution is -2.52. The first-order valence-electron chi connectivity index (χ1n) is 9.97. The third-order valence-electron chi connectivity index (χ3n) is 4.70. The highest BCUT2D eigenvalue weighted by Gasteiger charge is 2.31. The van der Waals surface area contributed by atoms with Crippen LogP contribution in [0.25, 0.3) is 0 Å². The first kappa shape index (κ1) is 25.8. The lowest BCUT2D eigenvalue weighted by Gasteiger charge is -2.32. The number of carbonyl (C=O) groups excluding carboxylic acids is 2. The summed E-state index contributed by atoms with van der Waals surface area (Å²) in [5.41, 5.74) is 0.505. The van der Waals surface area contributed by atoms with Gasteiger partial charge in [0.05, 0.1) is 11.9 Å². The van der Waals surface area contributed by atoms with Crippen LogP contribution in [0.1, 0.15) is 26.3 Å². The monoisotopic (exact) mass is 527 g/mol. The number of carbonyl (C=O) groups is 2. The van der Waals surface area contributed by atoms with Crippen LogP contribution in [0.5, 0.6) is 0 Å². The SMILES string of the molecule is CC(C)NC(=O)C(C)N(Cc1ccccc1F)C(=O)CN(c1ccccc1Br)S(C)(=O)=O. The van der Waals surface area contributed by atoms with Crippen LogP contribution in [0, 0.1) is 5.82 Å². The van der Waals surface area contributed by atoms with Crippen molar-refractivity contribution in [1.29, 1.82) is 0 Å². The molecule has 2 aromatic carbocycles. The molecule has 2 amide bonds. The molecule has 0 aliphatic carbocycles. The van der Waals surface area contributed by atoms with E-state index in [0.29, 0.717) is 4.47 Å². The van der Waals surface area contributed by atoms with Crippen molar-refractivity contribution in [2.75, 3.05) is 17.1 Å². The molecule has 0 fully saturated rings. The second kappa shape index (κ2) is 10.9. The molecule has 0 saturated heterocycles. The summed E-state index contributed by atoms with van der Waals surface area (Å²) in [7, 11) is -3.83. The number of nitrogens with one attached hydrogen (secondary N) is 1. The molecule has 0 bridgehead atoms. The zero-order valence-corrected chi connectivity index (χ0v) is 20.8. The largest absolute Gasteiger partial charge is 0.352 e. The van der Waals surface area contributed by atoms with Gasteiger partial charge in [0.2, 0.25) is 21.8 Å². The molecule has 0 aromatic heterocycles. The van der Waals surface area contributed by atoms with Gasteiger partial charge in [0.15, 0.2) is 0 Å². The van der Waals surface area contributed by atoms with E-state index in [4.69, 9.17) is 0 Å². The number of sulfonamides is 1. The van der Waals surface area contributed by atoms with Crippen molar-refractivity contribution in [3.8, 4) is 0 Å². The topological polar surface area (TPSA) is 86.8 Å². The summed E-state index contributed by atoms with van der Waals surface area (Å²) in [6, 6.07) is 11.4. The predicted octanol–water partition coefficient (Wildman–Crippen LogP) is 3.30. The van der Waals surface area contributed by atoms with Crippen LogP contribution in [0.3, 0.4) is 0 Å². The second-order valence-electron chi connectivity index (χ2n) is 7.67. The average molecular weight is 528 g/mol. The Labute approximate surface area is 196 Å². The zero-order valence-electron chi connectivity index (χ0n) is 18.4. The molecule has 10 heteroatoms. The lowest BCUT2D eigenvalue weighted by atomic mass is 10.1. The number of amides is 2. The van der Waals surface area contributed by atoms with Crippen molar-refractivity contribution in [1.82, 2.24) is 10.2 Å². The van der Waals surface area contributed by atoms with Gasteiger partial charge in [-0.25, -0.2) is 12.8 Å². The molecular formula is C22H27BrFN3O4S. The van der Waals surface area contributed by atoms with E-state index in [1.54, 1.807) is 44.2 Å². The molecule has 0 spiro atoms. The molecule has 7 nitrogen and oxygen atoms in total. The number of para-hydroxylation sites is 1. The third kappa shape index (κ3) is 6.77. The molecule has 0 aliphatic heterocycles. The Morgan fingerprint density at radius 1 is 1.06 bits per heavy atom. The van der Waals surface area contributed by atoms with Crippen molar-refractivity contribution >= 4 is 43.5 Å². The quantitative estimate of drug-likeness (QED) is 0.542. The normalized spacial score (nSPS) is 12.3. The van der Waals surface area contributed by atoms with Crippen molar-refractivity contribution in [3.63, 3.8) is 0 Å². The smallest absolute Gasteiger partial charge is 0.244 e. The Morgan fingerprint density at radius 3 is 2.22 bits per heavy atom. The van der Waals surface area contributed by atoms with E-state index in [2.05, 4.69) is 21.2 Å². The van der Waals surface area contributed by atoms with Gasteiger partial charge >= 0.3 is 0 Å². The molecule has 1 unspecified atom stereocenters. The van der Waals surface area contributed by atoms with Crippen molar-refractivity contribution in [2.24, 2.45) is 0 Å². The summed E-state index contributed by atoms with van der Waals surface area (Å²) in [5, 5.41) is 2.74. The number of hydrogen-bond donors (Lipinski definition) is 1. The van der Waals surface area contributed by atoms with Gasteiger partial charge in [-0.3, -0.25) is 13.9 Å². The third-order valence-corrected chi connectivity index (χ3v) is 6.49. The van der Waals surface area contributed by atoms with Crippen molar-refractivity contribution in [2.45, 2.75) is 39.4 Å². The number of rotatable bonds is 9. The van der Waals surface area contributed by atoms with Crippen LogP contribution in [0.4, 0.5) is 10.1 Å². The van der Waals surface area contributed by atoms with Gasteiger partial charge in [0.25, 0.3) is 0 Å². The summed E-state index contributed by atoms with van der Waals surface area (Å²) in [6.45, 7) is 4.36. The van der Waals surface area contributed by atoms with E-state index in [-0.39, 0.29) is 23.8 Å². The van der Waals surface area contributed by atoms with Crippen LogP contribution < -0.4 is 9.62 Å². The fourth-order valence-electron chi connectivity index (χ4n) is 3.05. The van der Waals surface area contributed by atoms with Gasteiger partial charge in [0, 0.05) is 22.6 Å². The van der Waals surface area contributed by atoms with E-state index in [1.807, 2.05) is 0 Å². The molecule has 1 N–H and O–H groups in total. The Kier molecular flexibility index (Phi) is 8.80. The van der Waals surface area contributed by atoms with E-state index in [1.165, 1.54) is 30.0 Å². The Morgan fingerprint density at radius 2 is 1.66 bits per heavy atom. The molecule has 1 atom stereocenters. The molecule has 0 heterocycles. The van der Waals surface area contributed by atoms with Gasteiger partial charge in [0.1, 0.15) is 18.4 Å². The van der Waals surface area contributed by atoms with Crippen LogP contribution in [0.2, 0.25) is 0 Å². The van der Waals surface area contributed by atoms with Gasteiger partial charge in [-0.05, 0) is 54.9 Å². The minimum atomic E-state index is -3.83. The summed E-state index contributed by atoms with van der Waals surface area (Å²) in [4.78, 5) is 27.2. The van der Waals surface area contributed by atoms with Gasteiger partial charge in [-0.2, -0.15) is 0 Å².